The highest BCUT2D eigenvalue weighted by molar-refractivity contribution is 7.17. The molecule has 0 spiro atoms. The van der Waals surface area contributed by atoms with Gasteiger partial charge >= 0.3 is 0 Å². The van der Waals surface area contributed by atoms with E-state index in [1.807, 2.05) is 36.6 Å². The monoisotopic (exact) mass is 341 g/mol. The van der Waals surface area contributed by atoms with Crippen LogP contribution in [-0.4, -0.2) is 17.1 Å². The van der Waals surface area contributed by atoms with Gasteiger partial charge < -0.3 is 0 Å². The highest BCUT2D eigenvalue weighted by Crippen LogP contribution is 2.26. The van der Waals surface area contributed by atoms with Gasteiger partial charge in [0.2, 0.25) is 5.91 Å². The van der Waals surface area contributed by atoms with Crippen LogP contribution in [0.2, 0.25) is 0 Å². The van der Waals surface area contributed by atoms with Crippen molar-refractivity contribution in [1.29, 1.82) is 0 Å². The fraction of sp³-hybridized carbons (Fsp3) is 0.118. The third kappa shape index (κ3) is 4.34. The molecule has 0 aliphatic heterocycles. The minimum Gasteiger partial charge on any atom is -0.273 e. The molecular formula is C17H15N3OS2. The zero-order chi connectivity index (χ0) is 16.1. The fourth-order valence-corrected chi connectivity index (χ4v) is 3.54. The van der Waals surface area contributed by atoms with Crippen molar-refractivity contribution in [3.8, 4) is 10.4 Å². The summed E-state index contributed by atoms with van der Waals surface area (Å²) in [5.41, 5.74) is 4.50. The summed E-state index contributed by atoms with van der Waals surface area (Å²) in [6.07, 6.45) is 1.92. The summed E-state index contributed by atoms with van der Waals surface area (Å²) in [6.45, 7) is 1.92. The molecule has 23 heavy (non-hydrogen) atoms. The minimum atomic E-state index is -0.161. The predicted molar refractivity (Wildman–Crippen MR) is 96.0 cm³/mol. The lowest BCUT2D eigenvalue weighted by atomic mass is 10.2. The van der Waals surface area contributed by atoms with E-state index in [1.165, 1.54) is 21.8 Å². The first-order valence-electron chi connectivity index (χ1n) is 7.09. The number of nitrogens with zero attached hydrogens (tertiary/aromatic N) is 2. The van der Waals surface area contributed by atoms with Gasteiger partial charge in [-0.25, -0.2) is 10.4 Å². The van der Waals surface area contributed by atoms with E-state index in [4.69, 9.17) is 0 Å². The zero-order valence-corrected chi connectivity index (χ0v) is 14.2. The van der Waals surface area contributed by atoms with Crippen molar-refractivity contribution in [1.82, 2.24) is 10.4 Å². The van der Waals surface area contributed by atoms with Crippen LogP contribution in [0.5, 0.6) is 0 Å². The Balaban J connectivity index is 1.56. The highest BCUT2D eigenvalue weighted by Gasteiger charge is 2.05. The maximum atomic E-state index is 11.8. The van der Waals surface area contributed by atoms with E-state index in [1.54, 1.807) is 17.6 Å². The topological polar surface area (TPSA) is 54.4 Å². The normalized spacial score (nSPS) is 11.0. The lowest BCUT2D eigenvalue weighted by Crippen LogP contribution is -2.19. The Morgan fingerprint density at radius 3 is 2.83 bits per heavy atom. The number of carbonyl (C=O) groups is 1. The van der Waals surface area contributed by atoms with Crippen LogP contribution in [0.3, 0.4) is 0 Å². The van der Waals surface area contributed by atoms with Crippen LogP contribution < -0.4 is 5.43 Å². The molecule has 0 saturated carbocycles. The predicted octanol–water partition coefficient (Wildman–Crippen LogP) is 3.87. The summed E-state index contributed by atoms with van der Waals surface area (Å²) in [5, 5.41) is 6.87. The average molecular weight is 341 g/mol. The number of thiophene rings is 1. The second-order valence-corrected chi connectivity index (χ2v) is 7.07. The molecule has 0 radical (unpaired) electrons. The molecule has 0 aliphatic rings. The van der Waals surface area contributed by atoms with Crippen molar-refractivity contribution in [3.05, 3.63) is 63.4 Å². The highest BCUT2D eigenvalue weighted by atomic mass is 32.1. The van der Waals surface area contributed by atoms with Gasteiger partial charge in [-0.3, -0.25) is 4.79 Å². The Morgan fingerprint density at radius 2 is 2.09 bits per heavy atom. The molecule has 6 heteroatoms. The molecule has 2 aromatic heterocycles. The largest absolute Gasteiger partial charge is 0.273 e. The number of aryl methyl sites for hydroxylation is 1. The number of hydrogen-bond acceptors (Lipinski definition) is 5. The van der Waals surface area contributed by atoms with Gasteiger partial charge in [0, 0.05) is 15.1 Å². The molecule has 3 rings (SSSR count). The second kappa shape index (κ2) is 7.30. The van der Waals surface area contributed by atoms with Crippen LogP contribution in [-0.2, 0) is 11.2 Å². The molecule has 0 aliphatic carbocycles. The maximum absolute atomic E-state index is 11.8. The van der Waals surface area contributed by atoms with Gasteiger partial charge in [-0.15, -0.1) is 22.7 Å². The minimum absolute atomic E-state index is 0.161. The number of hydrogen-bond donors (Lipinski definition) is 1. The molecular weight excluding hydrogens is 326 g/mol. The first kappa shape index (κ1) is 15.6. The van der Waals surface area contributed by atoms with Crippen molar-refractivity contribution < 1.29 is 4.79 Å². The SMILES string of the molecule is Cc1nc(CC(=O)N/N=C\c2ccc(-c3ccccc3)s2)cs1. The molecule has 0 atom stereocenters. The molecule has 116 valence electrons. The second-order valence-electron chi connectivity index (χ2n) is 4.90. The molecule has 4 nitrogen and oxygen atoms in total. The Morgan fingerprint density at radius 1 is 1.26 bits per heavy atom. The van der Waals surface area contributed by atoms with E-state index in [0.29, 0.717) is 0 Å². The van der Waals surface area contributed by atoms with Gasteiger partial charge in [-0.2, -0.15) is 5.10 Å². The van der Waals surface area contributed by atoms with E-state index >= 15 is 0 Å². The number of rotatable bonds is 5. The fourth-order valence-electron chi connectivity index (χ4n) is 2.04. The van der Waals surface area contributed by atoms with Crippen LogP contribution >= 0.6 is 22.7 Å². The Bertz CT molecular complexity index is 821. The number of thiazole rings is 1. The standard InChI is InChI=1S/C17H15N3OS2/c1-12-19-14(11-22-12)9-17(21)20-18-10-15-7-8-16(23-15)13-5-3-2-4-6-13/h2-8,10-11H,9H2,1H3,(H,20,21)/b18-10-. The van der Waals surface area contributed by atoms with Gasteiger partial charge in [0.15, 0.2) is 0 Å². The number of hydrazone groups is 1. The van der Waals surface area contributed by atoms with Gasteiger partial charge in [0.1, 0.15) is 0 Å². The van der Waals surface area contributed by atoms with Gasteiger partial charge in [-0.1, -0.05) is 30.3 Å². The Labute approximate surface area is 142 Å². The van der Waals surface area contributed by atoms with E-state index in [0.717, 1.165) is 15.6 Å². The van der Waals surface area contributed by atoms with Crippen molar-refractivity contribution in [2.75, 3.05) is 0 Å². The summed E-state index contributed by atoms with van der Waals surface area (Å²) in [4.78, 5) is 18.2. The summed E-state index contributed by atoms with van der Waals surface area (Å²) >= 11 is 3.17. The molecule has 1 aromatic carbocycles. The molecule has 1 amide bonds. The maximum Gasteiger partial charge on any atom is 0.246 e. The van der Waals surface area contributed by atoms with Gasteiger partial charge in [0.05, 0.1) is 23.3 Å². The van der Waals surface area contributed by atoms with E-state index in [9.17, 15) is 4.79 Å². The Hall–Kier alpha value is -2.31. The van der Waals surface area contributed by atoms with Crippen LogP contribution in [0, 0.1) is 6.92 Å². The molecule has 0 unspecified atom stereocenters. The van der Waals surface area contributed by atoms with Crippen molar-refractivity contribution in [3.63, 3.8) is 0 Å². The first-order valence-corrected chi connectivity index (χ1v) is 8.78. The first-order chi connectivity index (χ1) is 11.2. The van der Waals surface area contributed by atoms with Crippen LogP contribution in [0.1, 0.15) is 15.6 Å². The molecule has 0 saturated heterocycles. The van der Waals surface area contributed by atoms with E-state index < -0.39 is 0 Å². The number of carbonyl (C=O) groups excluding carboxylic acids is 1. The van der Waals surface area contributed by atoms with Crippen LogP contribution in [0.15, 0.2) is 52.9 Å². The van der Waals surface area contributed by atoms with E-state index in [-0.39, 0.29) is 12.3 Å². The molecule has 1 N–H and O–H groups in total. The molecule has 0 bridgehead atoms. The summed E-state index contributed by atoms with van der Waals surface area (Å²) in [6, 6.07) is 14.2. The van der Waals surface area contributed by atoms with Gasteiger partial charge in [0.25, 0.3) is 0 Å². The number of benzene rings is 1. The number of aromatic nitrogens is 1. The third-order valence-corrected chi connectivity index (χ3v) is 4.97. The summed E-state index contributed by atoms with van der Waals surface area (Å²) in [7, 11) is 0. The average Bonchev–Trinajstić information content (AvgIpc) is 3.17. The lowest BCUT2D eigenvalue weighted by molar-refractivity contribution is -0.120. The van der Waals surface area contributed by atoms with Crippen LogP contribution in [0.25, 0.3) is 10.4 Å². The third-order valence-electron chi connectivity index (χ3n) is 3.07. The van der Waals surface area contributed by atoms with Crippen molar-refractivity contribution in [2.45, 2.75) is 13.3 Å². The van der Waals surface area contributed by atoms with Gasteiger partial charge in [-0.05, 0) is 24.6 Å². The van der Waals surface area contributed by atoms with Crippen molar-refractivity contribution in [2.24, 2.45) is 5.10 Å². The molecule has 0 fully saturated rings. The number of amides is 1. The Kier molecular flexibility index (Phi) is 4.95. The quantitative estimate of drug-likeness (QED) is 0.566. The van der Waals surface area contributed by atoms with E-state index in [2.05, 4.69) is 33.7 Å². The molecule has 2 heterocycles. The molecule has 3 aromatic rings. The summed E-state index contributed by atoms with van der Waals surface area (Å²) in [5.74, 6) is -0.161. The number of nitrogens with one attached hydrogen (secondary N) is 1. The summed E-state index contributed by atoms with van der Waals surface area (Å²) < 4.78 is 0. The zero-order valence-electron chi connectivity index (χ0n) is 12.5. The smallest absolute Gasteiger partial charge is 0.246 e. The van der Waals surface area contributed by atoms with Crippen LogP contribution in [0.4, 0.5) is 0 Å². The lowest BCUT2D eigenvalue weighted by Gasteiger charge is -1.96. The van der Waals surface area contributed by atoms with Crippen molar-refractivity contribution >= 4 is 34.8 Å².